The predicted octanol–water partition coefficient (Wildman–Crippen LogP) is 3.33. The zero-order chi connectivity index (χ0) is 17.1. The molecule has 2 aromatic heterocycles. The van der Waals surface area contributed by atoms with Crippen LogP contribution in [0, 0.1) is 5.92 Å². The van der Waals surface area contributed by atoms with Crippen molar-refractivity contribution in [2.45, 2.75) is 19.4 Å². The number of aromatic amines is 1. The van der Waals surface area contributed by atoms with Gasteiger partial charge >= 0.3 is 0 Å². The summed E-state index contributed by atoms with van der Waals surface area (Å²) in [6.07, 6.45) is 5.69. The van der Waals surface area contributed by atoms with Crippen molar-refractivity contribution in [1.29, 1.82) is 0 Å². The molecule has 130 valence electrons. The summed E-state index contributed by atoms with van der Waals surface area (Å²) in [5.41, 5.74) is 1.98. The highest BCUT2D eigenvalue weighted by molar-refractivity contribution is 6.31. The van der Waals surface area contributed by atoms with Gasteiger partial charge in [0.2, 0.25) is 0 Å². The molecule has 1 aliphatic heterocycles. The molecule has 3 heterocycles. The van der Waals surface area contributed by atoms with Crippen LogP contribution in [-0.4, -0.2) is 44.7 Å². The molecule has 0 aliphatic carbocycles. The van der Waals surface area contributed by atoms with Gasteiger partial charge in [-0.1, -0.05) is 29.8 Å². The van der Waals surface area contributed by atoms with Gasteiger partial charge in [0, 0.05) is 18.1 Å². The maximum Gasteiger partial charge on any atom is 0.160 e. The lowest BCUT2D eigenvalue weighted by atomic mass is 9.96. The van der Waals surface area contributed by atoms with E-state index in [1.165, 1.54) is 18.4 Å². The molecule has 1 aliphatic rings. The van der Waals surface area contributed by atoms with Crippen molar-refractivity contribution in [3.63, 3.8) is 0 Å². The molecule has 0 amide bonds. The molecule has 0 unspecified atom stereocenters. The highest BCUT2D eigenvalue weighted by Crippen LogP contribution is 2.23. The van der Waals surface area contributed by atoms with Crippen molar-refractivity contribution in [1.82, 2.24) is 25.1 Å². The van der Waals surface area contributed by atoms with Gasteiger partial charge in [0.15, 0.2) is 5.65 Å². The smallest absolute Gasteiger partial charge is 0.160 e. The second-order valence-electron chi connectivity index (χ2n) is 6.55. The van der Waals surface area contributed by atoms with Crippen LogP contribution in [0.25, 0.3) is 11.0 Å². The number of benzene rings is 1. The Morgan fingerprint density at radius 1 is 1.20 bits per heavy atom. The molecule has 0 bridgehead atoms. The van der Waals surface area contributed by atoms with Gasteiger partial charge in [0.1, 0.15) is 12.1 Å². The summed E-state index contributed by atoms with van der Waals surface area (Å²) in [6.45, 7) is 4.06. The molecule has 0 saturated carbocycles. The molecule has 7 heteroatoms. The fourth-order valence-corrected chi connectivity index (χ4v) is 3.56. The quantitative estimate of drug-likeness (QED) is 0.733. The molecule has 25 heavy (non-hydrogen) atoms. The molecule has 4 rings (SSSR count). The fourth-order valence-electron chi connectivity index (χ4n) is 3.36. The predicted molar refractivity (Wildman–Crippen MR) is 99.6 cm³/mol. The number of likely N-dealkylation sites (tertiary alicyclic amines) is 1. The Morgan fingerprint density at radius 3 is 2.88 bits per heavy atom. The van der Waals surface area contributed by atoms with Crippen LogP contribution in [0.3, 0.4) is 0 Å². The molecule has 0 radical (unpaired) electrons. The van der Waals surface area contributed by atoms with Gasteiger partial charge in [-0.3, -0.25) is 10.00 Å². The average molecular weight is 357 g/mol. The lowest BCUT2D eigenvalue weighted by Gasteiger charge is -2.32. The minimum absolute atomic E-state index is 0.652. The number of halogens is 1. The molecule has 6 nitrogen and oxygen atoms in total. The van der Waals surface area contributed by atoms with Crippen molar-refractivity contribution < 1.29 is 0 Å². The van der Waals surface area contributed by atoms with E-state index in [2.05, 4.69) is 42.5 Å². The van der Waals surface area contributed by atoms with Gasteiger partial charge in [-0.15, -0.1) is 0 Å². The Kier molecular flexibility index (Phi) is 4.81. The third-order valence-electron chi connectivity index (χ3n) is 4.87. The highest BCUT2D eigenvalue weighted by atomic mass is 35.5. The van der Waals surface area contributed by atoms with E-state index in [1.807, 2.05) is 12.1 Å². The van der Waals surface area contributed by atoms with E-state index < -0.39 is 0 Å². The summed E-state index contributed by atoms with van der Waals surface area (Å²) >= 11 is 6.27. The number of rotatable bonds is 5. The highest BCUT2D eigenvalue weighted by Gasteiger charge is 2.20. The van der Waals surface area contributed by atoms with Crippen LogP contribution in [0.1, 0.15) is 18.4 Å². The molecule has 2 N–H and O–H groups in total. The monoisotopic (exact) mass is 356 g/mol. The number of hydrogen-bond acceptors (Lipinski definition) is 5. The van der Waals surface area contributed by atoms with E-state index in [-0.39, 0.29) is 0 Å². The van der Waals surface area contributed by atoms with Crippen LogP contribution in [0.4, 0.5) is 5.82 Å². The summed E-state index contributed by atoms with van der Waals surface area (Å²) < 4.78 is 0. The molecule has 1 fully saturated rings. The standard InChI is InChI=1S/C18H21ClN6/c19-16-4-2-1-3-14(16)11-25-7-5-13(6-8-25)9-20-17-15-10-23-24-18(15)22-12-21-17/h1-4,10,12-13H,5-9,11H2,(H2,20,21,22,23,24). The third kappa shape index (κ3) is 3.75. The summed E-state index contributed by atoms with van der Waals surface area (Å²) in [5, 5.41) is 12.2. The van der Waals surface area contributed by atoms with Crippen molar-refractivity contribution in [2.75, 3.05) is 25.0 Å². The number of fused-ring (bicyclic) bond motifs is 1. The summed E-state index contributed by atoms with van der Waals surface area (Å²) in [4.78, 5) is 11.0. The Morgan fingerprint density at radius 2 is 2.04 bits per heavy atom. The SMILES string of the molecule is Clc1ccccc1CN1CCC(CNc2ncnc3[nH]ncc23)CC1. The molecule has 3 aromatic rings. The average Bonchev–Trinajstić information content (AvgIpc) is 3.12. The Bertz CT molecular complexity index is 840. The van der Waals surface area contributed by atoms with Gasteiger partial charge in [-0.25, -0.2) is 9.97 Å². The lowest BCUT2D eigenvalue weighted by molar-refractivity contribution is 0.182. The molecular weight excluding hydrogens is 336 g/mol. The first-order valence-electron chi connectivity index (χ1n) is 8.63. The maximum absolute atomic E-state index is 6.27. The normalized spacial score (nSPS) is 16.4. The Balaban J connectivity index is 1.29. The second-order valence-corrected chi connectivity index (χ2v) is 6.95. The topological polar surface area (TPSA) is 69.7 Å². The van der Waals surface area contributed by atoms with Gasteiger partial charge in [-0.2, -0.15) is 5.10 Å². The van der Waals surface area contributed by atoms with Crippen LogP contribution in [0.15, 0.2) is 36.8 Å². The largest absolute Gasteiger partial charge is 0.369 e. The molecule has 0 spiro atoms. The van der Waals surface area contributed by atoms with Gasteiger partial charge in [0.25, 0.3) is 0 Å². The number of aromatic nitrogens is 4. The number of nitrogens with zero attached hydrogens (tertiary/aromatic N) is 4. The van der Waals surface area contributed by atoms with Crippen molar-refractivity contribution in [2.24, 2.45) is 5.92 Å². The third-order valence-corrected chi connectivity index (χ3v) is 5.23. The van der Waals surface area contributed by atoms with Crippen molar-refractivity contribution >= 4 is 28.5 Å². The van der Waals surface area contributed by atoms with Gasteiger partial charge in [0.05, 0.1) is 11.6 Å². The van der Waals surface area contributed by atoms with E-state index in [4.69, 9.17) is 11.6 Å². The fraction of sp³-hybridized carbons (Fsp3) is 0.389. The Hall–Kier alpha value is -2.18. The molecule has 1 aromatic carbocycles. The summed E-state index contributed by atoms with van der Waals surface area (Å²) in [7, 11) is 0. The van der Waals surface area contributed by atoms with E-state index in [9.17, 15) is 0 Å². The minimum Gasteiger partial charge on any atom is -0.369 e. The van der Waals surface area contributed by atoms with Crippen LogP contribution in [0.5, 0.6) is 0 Å². The molecular formula is C18H21ClN6. The number of piperidine rings is 1. The lowest BCUT2D eigenvalue weighted by Crippen LogP contribution is -2.35. The van der Waals surface area contributed by atoms with Crippen LogP contribution in [0.2, 0.25) is 5.02 Å². The Labute approximate surface area is 151 Å². The van der Waals surface area contributed by atoms with E-state index in [1.54, 1.807) is 12.5 Å². The van der Waals surface area contributed by atoms with Crippen LogP contribution >= 0.6 is 11.6 Å². The first-order chi connectivity index (χ1) is 12.3. The van der Waals surface area contributed by atoms with Crippen molar-refractivity contribution in [3.8, 4) is 0 Å². The zero-order valence-electron chi connectivity index (χ0n) is 14.0. The van der Waals surface area contributed by atoms with E-state index >= 15 is 0 Å². The molecule has 1 saturated heterocycles. The van der Waals surface area contributed by atoms with Crippen LogP contribution < -0.4 is 5.32 Å². The number of H-pyrrole nitrogens is 1. The zero-order valence-corrected chi connectivity index (χ0v) is 14.7. The number of anilines is 1. The van der Waals surface area contributed by atoms with E-state index in [0.717, 1.165) is 48.1 Å². The van der Waals surface area contributed by atoms with E-state index in [0.29, 0.717) is 5.92 Å². The van der Waals surface area contributed by atoms with Gasteiger partial charge < -0.3 is 5.32 Å². The summed E-state index contributed by atoms with van der Waals surface area (Å²) in [6, 6.07) is 8.11. The number of hydrogen-bond donors (Lipinski definition) is 2. The minimum atomic E-state index is 0.652. The first kappa shape index (κ1) is 16.3. The maximum atomic E-state index is 6.27. The second kappa shape index (κ2) is 7.37. The van der Waals surface area contributed by atoms with Crippen molar-refractivity contribution in [3.05, 3.63) is 47.4 Å². The first-order valence-corrected chi connectivity index (χ1v) is 9.01. The van der Waals surface area contributed by atoms with Crippen LogP contribution in [-0.2, 0) is 6.54 Å². The number of nitrogens with one attached hydrogen (secondary N) is 2. The van der Waals surface area contributed by atoms with Gasteiger partial charge in [-0.05, 0) is 43.5 Å². The molecule has 0 atom stereocenters. The summed E-state index contributed by atoms with van der Waals surface area (Å²) in [5.74, 6) is 1.51.